The van der Waals surface area contributed by atoms with Gasteiger partial charge in [-0.05, 0) is 67.5 Å². The van der Waals surface area contributed by atoms with Gasteiger partial charge in [0.1, 0.15) is 12.7 Å². The van der Waals surface area contributed by atoms with Gasteiger partial charge in [0.05, 0.1) is 22.8 Å². The number of benzene rings is 2. The Labute approximate surface area is 254 Å². The number of halogens is 1. The van der Waals surface area contributed by atoms with Gasteiger partial charge in [-0.1, -0.05) is 63.4 Å². The highest BCUT2D eigenvalue weighted by molar-refractivity contribution is 6.32. The third kappa shape index (κ3) is 11.3. The molecule has 0 spiro atoms. The van der Waals surface area contributed by atoms with Crippen LogP contribution in [0.15, 0.2) is 54.7 Å². The lowest BCUT2D eigenvalue weighted by molar-refractivity contribution is -0.126. The summed E-state index contributed by atoms with van der Waals surface area (Å²) in [6.07, 6.45) is 6.97. The molecule has 1 aromatic heterocycles. The molecule has 0 unspecified atom stereocenters. The summed E-state index contributed by atoms with van der Waals surface area (Å²) in [6, 6.07) is 16.8. The van der Waals surface area contributed by atoms with E-state index in [1.165, 1.54) is 5.56 Å². The Bertz CT molecular complexity index is 1360. The van der Waals surface area contributed by atoms with Crippen LogP contribution in [0.4, 0.5) is 0 Å². The standard InChI is InChI=1S/C33H42ClN5O3/c1-24(21-39-17-16-30(38-39)27-14-15-28(20-35)29(34)19-27)37-32(41)26-12-10-25(11-13-26)9-7-5-6-8-18-42-22-31(40)36-23-33(2,3)4/h10-17,19,24H,5-9,18,21-23H2,1-4H3,(H,36,40)(H,37,41)/t24-/m0/s1. The van der Waals surface area contributed by atoms with Crippen molar-refractivity contribution < 1.29 is 14.3 Å². The Morgan fingerprint density at radius 2 is 1.81 bits per heavy atom. The van der Waals surface area contributed by atoms with Gasteiger partial charge in [-0.3, -0.25) is 14.3 Å². The lowest BCUT2D eigenvalue weighted by Gasteiger charge is -2.18. The van der Waals surface area contributed by atoms with E-state index in [1.54, 1.807) is 16.8 Å². The number of nitrogens with zero attached hydrogens (tertiary/aromatic N) is 3. The summed E-state index contributed by atoms with van der Waals surface area (Å²) in [5, 5.41) is 20.0. The topological polar surface area (TPSA) is 109 Å². The van der Waals surface area contributed by atoms with Gasteiger partial charge in [0, 0.05) is 36.5 Å². The summed E-state index contributed by atoms with van der Waals surface area (Å²) in [6.45, 7) is 10.1. The number of ether oxygens (including phenoxy) is 1. The maximum atomic E-state index is 12.8. The number of aryl methyl sites for hydroxylation is 1. The minimum absolute atomic E-state index is 0.0600. The zero-order valence-electron chi connectivity index (χ0n) is 25.1. The van der Waals surface area contributed by atoms with Crippen molar-refractivity contribution in [1.29, 1.82) is 5.26 Å². The minimum Gasteiger partial charge on any atom is -0.372 e. The van der Waals surface area contributed by atoms with Crippen molar-refractivity contribution in [3.8, 4) is 17.3 Å². The highest BCUT2D eigenvalue weighted by atomic mass is 35.5. The fourth-order valence-electron chi connectivity index (χ4n) is 4.31. The molecule has 42 heavy (non-hydrogen) atoms. The van der Waals surface area contributed by atoms with E-state index in [9.17, 15) is 9.59 Å². The average molecular weight is 592 g/mol. The molecule has 0 aliphatic rings. The van der Waals surface area contributed by atoms with Crippen LogP contribution >= 0.6 is 11.6 Å². The normalized spacial score (nSPS) is 12.0. The Kier molecular flexibility index (Phi) is 12.6. The third-order valence-corrected chi connectivity index (χ3v) is 6.95. The van der Waals surface area contributed by atoms with E-state index in [-0.39, 0.29) is 29.9 Å². The zero-order chi connectivity index (χ0) is 30.5. The molecule has 0 aliphatic heterocycles. The van der Waals surface area contributed by atoms with Gasteiger partial charge in [-0.25, -0.2) is 0 Å². The van der Waals surface area contributed by atoms with Crippen LogP contribution in [0.3, 0.4) is 0 Å². The minimum atomic E-state index is -0.128. The SMILES string of the molecule is C[C@@H](Cn1ccc(-c2ccc(C#N)c(Cl)c2)n1)NC(=O)c1ccc(CCCCCCOCC(=O)NCC(C)(C)C)cc1. The van der Waals surface area contributed by atoms with Gasteiger partial charge in [0.2, 0.25) is 5.91 Å². The van der Waals surface area contributed by atoms with Crippen LogP contribution in [0.25, 0.3) is 11.3 Å². The lowest BCUT2D eigenvalue weighted by atomic mass is 9.97. The van der Waals surface area contributed by atoms with Crippen LogP contribution in [-0.4, -0.2) is 47.4 Å². The maximum absolute atomic E-state index is 12.8. The number of aromatic nitrogens is 2. The molecule has 0 fully saturated rings. The molecule has 9 heteroatoms. The average Bonchev–Trinajstić information content (AvgIpc) is 3.41. The first-order valence-corrected chi connectivity index (χ1v) is 14.9. The number of rotatable bonds is 15. The smallest absolute Gasteiger partial charge is 0.251 e. The Morgan fingerprint density at radius 3 is 2.50 bits per heavy atom. The van der Waals surface area contributed by atoms with E-state index in [1.807, 2.05) is 49.5 Å². The van der Waals surface area contributed by atoms with Crippen LogP contribution in [-0.2, 0) is 22.5 Å². The number of nitrogens with one attached hydrogen (secondary N) is 2. The molecule has 224 valence electrons. The Balaban J connectivity index is 1.32. The van der Waals surface area contributed by atoms with Gasteiger partial charge in [0.15, 0.2) is 0 Å². The number of amides is 2. The summed E-state index contributed by atoms with van der Waals surface area (Å²) in [7, 11) is 0. The molecule has 0 bridgehead atoms. The van der Waals surface area contributed by atoms with Crippen molar-refractivity contribution in [3.63, 3.8) is 0 Å². The fraction of sp³-hybridized carbons (Fsp3) is 0.455. The zero-order valence-corrected chi connectivity index (χ0v) is 25.8. The molecule has 2 aromatic carbocycles. The van der Waals surface area contributed by atoms with Crippen LogP contribution < -0.4 is 10.6 Å². The second-order valence-electron chi connectivity index (χ2n) is 11.9. The fourth-order valence-corrected chi connectivity index (χ4v) is 4.53. The van der Waals surface area contributed by atoms with Crippen molar-refractivity contribution in [2.24, 2.45) is 5.41 Å². The maximum Gasteiger partial charge on any atom is 0.251 e. The predicted molar refractivity (Wildman–Crippen MR) is 166 cm³/mol. The molecule has 0 radical (unpaired) electrons. The van der Waals surface area contributed by atoms with Gasteiger partial charge < -0.3 is 15.4 Å². The van der Waals surface area contributed by atoms with Crippen LogP contribution in [0.5, 0.6) is 0 Å². The van der Waals surface area contributed by atoms with E-state index in [4.69, 9.17) is 21.6 Å². The first-order valence-electron chi connectivity index (χ1n) is 14.5. The van der Waals surface area contributed by atoms with Crippen molar-refractivity contribution in [1.82, 2.24) is 20.4 Å². The second-order valence-corrected chi connectivity index (χ2v) is 12.3. The molecule has 2 amide bonds. The molecule has 0 saturated heterocycles. The lowest BCUT2D eigenvalue weighted by Crippen LogP contribution is -2.35. The number of carbonyl (C=O) groups is 2. The molecular formula is C33H42ClN5O3. The molecule has 0 saturated carbocycles. The molecule has 3 aromatic rings. The van der Waals surface area contributed by atoms with Crippen molar-refractivity contribution >= 4 is 23.4 Å². The molecule has 2 N–H and O–H groups in total. The van der Waals surface area contributed by atoms with Crippen molar-refractivity contribution in [3.05, 3.63) is 76.4 Å². The van der Waals surface area contributed by atoms with Crippen LogP contribution in [0.1, 0.15) is 74.9 Å². The molecule has 1 heterocycles. The van der Waals surface area contributed by atoms with E-state index >= 15 is 0 Å². The number of nitriles is 1. The van der Waals surface area contributed by atoms with E-state index in [0.29, 0.717) is 35.8 Å². The van der Waals surface area contributed by atoms with E-state index in [2.05, 4.69) is 42.6 Å². The Hall–Kier alpha value is -3.67. The molecule has 0 aliphatic carbocycles. The number of unbranched alkanes of at least 4 members (excludes halogenated alkanes) is 3. The molecule has 1 atom stereocenters. The molecule has 3 rings (SSSR count). The number of hydrogen-bond donors (Lipinski definition) is 2. The van der Waals surface area contributed by atoms with Crippen molar-refractivity contribution in [2.75, 3.05) is 19.8 Å². The first kappa shape index (κ1) is 32.8. The highest BCUT2D eigenvalue weighted by Crippen LogP contribution is 2.24. The summed E-state index contributed by atoms with van der Waals surface area (Å²) in [4.78, 5) is 24.5. The summed E-state index contributed by atoms with van der Waals surface area (Å²) in [5.41, 5.74) is 3.91. The van der Waals surface area contributed by atoms with Gasteiger partial charge >= 0.3 is 0 Å². The van der Waals surface area contributed by atoms with Crippen LogP contribution in [0, 0.1) is 16.7 Å². The second kappa shape index (κ2) is 16.1. The van der Waals surface area contributed by atoms with Gasteiger partial charge in [-0.2, -0.15) is 10.4 Å². The largest absolute Gasteiger partial charge is 0.372 e. The third-order valence-electron chi connectivity index (χ3n) is 6.63. The Morgan fingerprint density at radius 1 is 1.07 bits per heavy atom. The monoisotopic (exact) mass is 591 g/mol. The number of carbonyl (C=O) groups excluding carboxylic acids is 2. The van der Waals surface area contributed by atoms with Crippen LogP contribution in [0.2, 0.25) is 5.02 Å². The van der Waals surface area contributed by atoms with Gasteiger partial charge in [-0.15, -0.1) is 0 Å². The van der Waals surface area contributed by atoms with Gasteiger partial charge in [0.25, 0.3) is 5.91 Å². The van der Waals surface area contributed by atoms with E-state index in [0.717, 1.165) is 43.4 Å². The van der Waals surface area contributed by atoms with E-state index < -0.39 is 0 Å². The quantitative estimate of drug-likeness (QED) is 0.205. The summed E-state index contributed by atoms with van der Waals surface area (Å²) in [5.74, 6) is -0.178. The summed E-state index contributed by atoms with van der Waals surface area (Å²) < 4.78 is 7.27. The molecular weight excluding hydrogens is 550 g/mol. The summed E-state index contributed by atoms with van der Waals surface area (Å²) >= 11 is 6.15. The van der Waals surface area contributed by atoms with Crippen molar-refractivity contribution in [2.45, 2.75) is 72.4 Å². The predicted octanol–water partition coefficient (Wildman–Crippen LogP) is 6.18. The number of hydrogen-bond acceptors (Lipinski definition) is 5. The molecule has 8 nitrogen and oxygen atoms in total. The first-order chi connectivity index (χ1) is 20.0. The highest BCUT2D eigenvalue weighted by Gasteiger charge is 2.13.